The summed E-state index contributed by atoms with van der Waals surface area (Å²) in [4.78, 5) is 14.3. The number of thioether (sulfide) groups is 2. The normalized spacial score (nSPS) is 14.2. The average molecular weight is 371 g/mol. The second-order valence-electron chi connectivity index (χ2n) is 6.86. The number of hydrogen-bond acceptors (Lipinski definition) is 6. The Labute approximate surface area is 157 Å². The van der Waals surface area contributed by atoms with Gasteiger partial charge in [0.2, 0.25) is 0 Å². The van der Waals surface area contributed by atoms with Gasteiger partial charge in [-0.2, -0.15) is 23.5 Å². The SMILES string of the molecule is CSC[C@@H](C)N(C)c1cc(C(C)C)nc(CN(C)[C@@H](C)CSC)n1. The molecule has 6 heteroatoms. The zero-order chi connectivity index (χ0) is 18.3. The third-order valence-corrected chi connectivity index (χ3v) is 5.98. The lowest BCUT2D eigenvalue weighted by molar-refractivity contribution is 0.262. The second kappa shape index (κ2) is 10.5. The largest absolute Gasteiger partial charge is 0.356 e. The van der Waals surface area contributed by atoms with Crippen molar-refractivity contribution in [2.24, 2.45) is 0 Å². The van der Waals surface area contributed by atoms with Gasteiger partial charge in [-0.3, -0.25) is 4.90 Å². The minimum Gasteiger partial charge on any atom is -0.356 e. The summed E-state index contributed by atoms with van der Waals surface area (Å²) in [6, 6.07) is 3.12. The van der Waals surface area contributed by atoms with Crippen molar-refractivity contribution in [3.8, 4) is 0 Å². The van der Waals surface area contributed by atoms with Crippen LogP contribution in [0.2, 0.25) is 0 Å². The molecule has 0 fully saturated rings. The maximum atomic E-state index is 4.86. The van der Waals surface area contributed by atoms with Crippen LogP contribution in [-0.4, -0.2) is 65.1 Å². The van der Waals surface area contributed by atoms with Crippen LogP contribution >= 0.6 is 23.5 Å². The number of hydrogen-bond donors (Lipinski definition) is 0. The van der Waals surface area contributed by atoms with E-state index in [1.54, 1.807) is 0 Å². The molecule has 0 aliphatic heterocycles. The Morgan fingerprint density at radius 1 is 0.958 bits per heavy atom. The third kappa shape index (κ3) is 6.45. The van der Waals surface area contributed by atoms with E-state index < -0.39 is 0 Å². The molecule has 138 valence electrons. The predicted molar refractivity (Wildman–Crippen MR) is 112 cm³/mol. The Bertz CT molecular complexity index is 496. The molecule has 0 amide bonds. The van der Waals surface area contributed by atoms with Gasteiger partial charge < -0.3 is 4.90 Å². The molecule has 24 heavy (non-hydrogen) atoms. The van der Waals surface area contributed by atoms with Gasteiger partial charge in [0, 0.05) is 42.4 Å². The highest BCUT2D eigenvalue weighted by molar-refractivity contribution is 7.98. The monoisotopic (exact) mass is 370 g/mol. The molecule has 0 unspecified atom stereocenters. The fourth-order valence-electron chi connectivity index (χ4n) is 2.38. The minimum absolute atomic E-state index is 0.406. The van der Waals surface area contributed by atoms with Crippen LogP contribution in [0.4, 0.5) is 5.82 Å². The number of anilines is 1. The van der Waals surface area contributed by atoms with E-state index in [2.05, 4.69) is 70.2 Å². The molecule has 0 N–H and O–H groups in total. The van der Waals surface area contributed by atoms with Gasteiger partial charge in [0.05, 0.1) is 6.54 Å². The molecule has 2 atom stereocenters. The van der Waals surface area contributed by atoms with Crippen molar-refractivity contribution in [1.82, 2.24) is 14.9 Å². The fraction of sp³-hybridized carbons (Fsp3) is 0.778. The summed E-state index contributed by atoms with van der Waals surface area (Å²) >= 11 is 3.75. The first-order valence-corrected chi connectivity index (χ1v) is 11.4. The molecule has 0 spiro atoms. The maximum Gasteiger partial charge on any atom is 0.144 e. The van der Waals surface area contributed by atoms with Crippen LogP contribution in [0.1, 0.15) is 45.1 Å². The minimum atomic E-state index is 0.406. The molecule has 1 rings (SSSR count). The molecule has 4 nitrogen and oxygen atoms in total. The first-order chi connectivity index (χ1) is 11.3. The van der Waals surface area contributed by atoms with Crippen molar-refractivity contribution >= 4 is 29.3 Å². The van der Waals surface area contributed by atoms with Crippen LogP contribution in [0.3, 0.4) is 0 Å². The van der Waals surface area contributed by atoms with Crippen molar-refractivity contribution in [2.45, 2.75) is 52.2 Å². The van der Waals surface area contributed by atoms with E-state index in [9.17, 15) is 0 Å². The third-order valence-electron chi connectivity index (χ3n) is 4.35. The zero-order valence-corrected chi connectivity index (χ0v) is 18.2. The van der Waals surface area contributed by atoms with Gasteiger partial charge >= 0.3 is 0 Å². The zero-order valence-electron chi connectivity index (χ0n) is 16.5. The van der Waals surface area contributed by atoms with Crippen molar-refractivity contribution in [3.05, 3.63) is 17.6 Å². The maximum absolute atomic E-state index is 4.86. The summed E-state index contributed by atoms with van der Waals surface area (Å²) in [5.41, 5.74) is 1.13. The Morgan fingerprint density at radius 3 is 2.08 bits per heavy atom. The molecular formula is C18H34N4S2. The van der Waals surface area contributed by atoms with Crippen molar-refractivity contribution in [1.29, 1.82) is 0 Å². The van der Waals surface area contributed by atoms with Gasteiger partial charge in [0.1, 0.15) is 11.6 Å². The van der Waals surface area contributed by atoms with Crippen molar-refractivity contribution < 1.29 is 0 Å². The number of rotatable bonds is 10. The molecule has 0 radical (unpaired) electrons. The topological polar surface area (TPSA) is 32.3 Å². The highest BCUT2D eigenvalue weighted by Gasteiger charge is 2.17. The van der Waals surface area contributed by atoms with Crippen LogP contribution in [0, 0.1) is 0 Å². The lowest BCUT2D eigenvalue weighted by Gasteiger charge is -2.28. The molecule has 0 saturated heterocycles. The first-order valence-electron chi connectivity index (χ1n) is 8.58. The predicted octanol–water partition coefficient (Wildman–Crippen LogP) is 3.97. The van der Waals surface area contributed by atoms with E-state index in [0.717, 1.165) is 35.4 Å². The van der Waals surface area contributed by atoms with Gasteiger partial charge in [-0.15, -0.1) is 0 Å². The standard InChI is InChI=1S/C18H34N4S2/c1-13(2)16-9-18(22(6)15(4)12-24-8)20-17(19-16)10-21(5)14(3)11-23-7/h9,13-15H,10-12H2,1-8H3/t14-,15+/m0/s1. The molecule has 0 aliphatic carbocycles. The van der Waals surface area contributed by atoms with Crippen LogP contribution in [0.15, 0.2) is 6.07 Å². The molecule has 1 aromatic rings. The van der Waals surface area contributed by atoms with Gasteiger partial charge in [0.25, 0.3) is 0 Å². The summed E-state index contributed by atoms with van der Waals surface area (Å²) in [6.07, 6.45) is 4.30. The molecule has 0 aliphatic rings. The quantitative estimate of drug-likeness (QED) is 0.619. The second-order valence-corrected chi connectivity index (χ2v) is 8.68. The molecular weight excluding hydrogens is 336 g/mol. The lowest BCUT2D eigenvalue weighted by atomic mass is 10.1. The summed E-state index contributed by atoms with van der Waals surface area (Å²) in [5, 5.41) is 0. The highest BCUT2D eigenvalue weighted by Crippen LogP contribution is 2.21. The Balaban J connectivity index is 3.03. The van der Waals surface area contributed by atoms with Crippen molar-refractivity contribution in [3.63, 3.8) is 0 Å². The Kier molecular flexibility index (Phi) is 9.45. The summed E-state index contributed by atoms with van der Waals surface area (Å²) in [5.74, 6) is 4.59. The van der Waals surface area contributed by atoms with E-state index in [1.807, 2.05) is 23.5 Å². The summed E-state index contributed by atoms with van der Waals surface area (Å²) in [7, 11) is 4.29. The molecule has 0 saturated carbocycles. The van der Waals surface area contributed by atoms with Crippen LogP contribution in [0.5, 0.6) is 0 Å². The molecule has 1 aromatic heterocycles. The summed E-state index contributed by atoms with van der Waals surface area (Å²) < 4.78 is 0. The smallest absolute Gasteiger partial charge is 0.144 e. The molecule has 0 aromatic carbocycles. The number of aromatic nitrogens is 2. The van der Waals surface area contributed by atoms with E-state index in [0.29, 0.717) is 18.0 Å². The van der Waals surface area contributed by atoms with Crippen LogP contribution < -0.4 is 4.90 Å². The van der Waals surface area contributed by atoms with Gasteiger partial charge in [-0.25, -0.2) is 9.97 Å². The van der Waals surface area contributed by atoms with Gasteiger partial charge in [-0.05, 0) is 39.3 Å². The Hall–Kier alpha value is -0.460. The van der Waals surface area contributed by atoms with Gasteiger partial charge in [-0.1, -0.05) is 13.8 Å². The van der Waals surface area contributed by atoms with Crippen molar-refractivity contribution in [2.75, 3.05) is 43.0 Å². The van der Waals surface area contributed by atoms with E-state index in [4.69, 9.17) is 9.97 Å². The van der Waals surface area contributed by atoms with Crippen LogP contribution in [-0.2, 0) is 6.54 Å². The Morgan fingerprint density at radius 2 is 1.54 bits per heavy atom. The highest BCUT2D eigenvalue weighted by atomic mass is 32.2. The van der Waals surface area contributed by atoms with E-state index in [1.165, 1.54) is 0 Å². The first kappa shape index (κ1) is 21.6. The van der Waals surface area contributed by atoms with Crippen LogP contribution in [0.25, 0.3) is 0 Å². The number of nitrogens with zero attached hydrogens (tertiary/aromatic N) is 4. The average Bonchev–Trinajstić information content (AvgIpc) is 2.54. The van der Waals surface area contributed by atoms with Gasteiger partial charge in [0.15, 0.2) is 0 Å². The summed E-state index contributed by atoms with van der Waals surface area (Å²) in [6.45, 7) is 9.69. The fourth-order valence-corrected chi connectivity index (χ4v) is 3.82. The van der Waals surface area contributed by atoms with E-state index in [-0.39, 0.29) is 0 Å². The van der Waals surface area contributed by atoms with E-state index >= 15 is 0 Å². The molecule has 1 heterocycles. The lowest BCUT2D eigenvalue weighted by Crippen LogP contribution is -2.33. The molecule has 0 bridgehead atoms.